The summed E-state index contributed by atoms with van der Waals surface area (Å²) in [5.74, 6) is 0. The van der Waals surface area contributed by atoms with Crippen LogP contribution in [0.4, 0.5) is 0 Å². The van der Waals surface area contributed by atoms with Gasteiger partial charge in [-0.3, -0.25) is 0 Å². The van der Waals surface area contributed by atoms with Crippen LogP contribution in [0.3, 0.4) is 0 Å². The van der Waals surface area contributed by atoms with Crippen molar-refractivity contribution in [2.45, 2.75) is 63.8 Å². The molecule has 1 N–H and O–H groups in total. The summed E-state index contributed by atoms with van der Waals surface area (Å²) < 4.78 is 0. The number of nitrogens with one attached hydrogen (secondary N) is 1. The van der Waals surface area contributed by atoms with Gasteiger partial charge in [-0.2, -0.15) is 5.26 Å². The standard InChI is InChI=1S/C15H29N3/c1-15(14-16,17-2)10-6-9-13-18-11-7-4-3-5-8-12-18/h17H,3-13H2,1-2H3. The topological polar surface area (TPSA) is 39.1 Å². The summed E-state index contributed by atoms with van der Waals surface area (Å²) in [7, 11) is 1.88. The van der Waals surface area contributed by atoms with Crippen molar-refractivity contribution < 1.29 is 0 Å². The fourth-order valence-corrected chi connectivity index (χ4v) is 2.59. The van der Waals surface area contributed by atoms with Gasteiger partial charge in [-0.05, 0) is 65.7 Å². The summed E-state index contributed by atoms with van der Waals surface area (Å²) in [6.45, 7) is 5.76. The van der Waals surface area contributed by atoms with Crippen molar-refractivity contribution in [1.29, 1.82) is 5.26 Å². The summed E-state index contributed by atoms with van der Waals surface area (Å²) in [5, 5.41) is 12.2. The third-order valence-corrected chi connectivity index (χ3v) is 4.15. The lowest BCUT2D eigenvalue weighted by Gasteiger charge is -2.25. The van der Waals surface area contributed by atoms with Crippen LogP contribution in [0, 0.1) is 11.3 Å². The van der Waals surface area contributed by atoms with Gasteiger partial charge in [0.1, 0.15) is 5.54 Å². The van der Waals surface area contributed by atoms with E-state index in [4.69, 9.17) is 5.26 Å². The quantitative estimate of drug-likeness (QED) is 0.738. The molecule has 1 aliphatic rings. The van der Waals surface area contributed by atoms with Gasteiger partial charge in [-0.25, -0.2) is 0 Å². The Hall–Kier alpha value is -0.590. The Balaban J connectivity index is 2.14. The zero-order chi connectivity index (χ0) is 13.3. The van der Waals surface area contributed by atoms with Gasteiger partial charge in [0, 0.05) is 0 Å². The second-order valence-electron chi connectivity index (χ2n) is 5.76. The molecular weight excluding hydrogens is 222 g/mol. The maximum atomic E-state index is 9.08. The number of hydrogen-bond acceptors (Lipinski definition) is 3. The van der Waals surface area contributed by atoms with Crippen molar-refractivity contribution in [3.05, 3.63) is 0 Å². The van der Waals surface area contributed by atoms with E-state index in [0.29, 0.717) is 0 Å². The van der Waals surface area contributed by atoms with Crippen LogP contribution in [0.1, 0.15) is 58.3 Å². The Morgan fingerprint density at radius 1 is 1.11 bits per heavy atom. The van der Waals surface area contributed by atoms with E-state index >= 15 is 0 Å². The molecule has 0 bridgehead atoms. The Labute approximate surface area is 113 Å². The van der Waals surface area contributed by atoms with Crippen LogP contribution in [0.25, 0.3) is 0 Å². The van der Waals surface area contributed by atoms with Crippen LogP contribution in [0.2, 0.25) is 0 Å². The van der Waals surface area contributed by atoms with Crippen LogP contribution in [0.5, 0.6) is 0 Å². The first kappa shape index (κ1) is 15.5. The number of rotatable bonds is 6. The van der Waals surface area contributed by atoms with Gasteiger partial charge < -0.3 is 10.2 Å². The lowest BCUT2D eigenvalue weighted by Crippen LogP contribution is -2.38. The van der Waals surface area contributed by atoms with E-state index in [9.17, 15) is 0 Å². The fraction of sp³-hybridized carbons (Fsp3) is 0.933. The predicted octanol–water partition coefficient (Wildman–Crippen LogP) is 2.92. The van der Waals surface area contributed by atoms with Gasteiger partial charge in [0.15, 0.2) is 0 Å². The molecule has 0 aliphatic carbocycles. The molecule has 1 saturated heterocycles. The summed E-state index contributed by atoms with van der Waals surface area (Å²) >= 11 is 0. The SMILES string of the molecule is CNC(C)(C#N)CCCCN1CCCCCCC1. The predicted molar refractivity (Wildman–Crippen MR) is 76.5 cm³/mol. The molecule has 0 aromatic heterocycles. The maximum absolute atomic E-state index is 9.08. The van der Waals surface area contributed by atoms with E-state index in [-0.39, 0.29) is 5.54 Å². The van der Waals surface area contributed by atoms with Crippen LogP contribution < -0.4 is 5.32 Å². The molecule has 0 radical (unpaired) electrons. The fourth-order valence-electron chi connectivity index (χ4n) is 2.59. The minimum atomic E-state index is -0.337. The van der Waals surface area contributed by atoms with Crippen molar-refractivity contribution in [3.8, 4) is 6.07 Å². The minimum absolute atomic E-state index is 0.337. The van der Waals surface area contributed by atoms with Crippen molar-refractivity contribution in [3.63, 3.8) is 0 Å². The Morgan fingerprint density at radius 3 is 2.28 bits per heavy atom. The molecule has 0 aromatic rings. The Kier molecular flexibility index (Phi) is 7.31. The Morgan fingerprint density at radius 2 is 1.72 bits per heavy atom. The number of nitrogens with zero attached hydrogens (tertiary/aromatic N) is 2. The first-order valence-electron chi connectivity index (χ1n) is 7.53. The normalized spacial score (nSPS) is 21.6. The molecule has 1 heterocycles. The van der Waals surface area contributed by atoms with Gasteiger partial charge >= 0.3 is 0 Å². The lowest BCUT2D eigenvalue weighted by atomic mass is 9.97. The number of unbranched alkanes of at least 4 members (excludes halogenated alkanes) is 1. The average Bonchev–Trinajstić information content (AvgIpc) is 2.36. The molecule has 0 saturated carbocycles. The third-order valence-electron chi connectivity index (χ3n) is 4.15. The minimum Gasteiger partial charge on any atom is -0.303 e. The smallest absolute Gasteiger partial charge is 0.103 e. The van der Waals surface area contributed by atoms with Gasteiger partial charge in [-0.15, -0.1) is 0 Å². The largest absolute Gasteiger partial charge is 0.303 e. The second kappa shape index (κ2) is 8.50. The zero-order valence-corrected chi connectivity index (χ0v) is 12.2. The van der Waals surface area contributed by atoms with Crippen molar-refractivity contribution in [2.75, 3.05) is 26.7 Å². The molecule has 1 atom stereocenters. The first-order valence-corrected chi connectivity index (χ1v) is 7.53. The van der Waals surface area contributed by atoms with Crippen molar-refractivity contribution >= 4 is 0 Å². The summed E-state index contributed by atoms with van der Waals surface area (Å²) in [5.41, 5.74) is -0.337. The van der Waals surface area contributed by atoms with E-state index in [1.165, 1.54) is 58.2 Å². The maximum Gasteiger partial charge on any atom is 0.103 e. The molecule has 1 fully saturated rings. The highest BCUT2D eigenvalue weighted by Crippen LogP contribution is 2.14. The highest BCUT2D eigenvalue weighted by atomic mass is 15.1. The summed E-state index contributed by atoms with van der Waals surface area (Å²) in [6, 6.07) is 2.36. The zero-order valence-electron chi connectivity index (χ0n) is 12.2. The van der Waals surface area contributed by atoms with Gasteiger partial charge in [-0.1, -0.05) is 19.3 Å². The highest BCUT2D eigenvalue weighted by molar-refractivity contribution is 5.02. The molecule has 0 amide bonds. The Bertz CT molecular complexity index is 251. The van der Waals surface area contributed by atoms with E-state index in [1.807, 2.05) is 14.0 Å². The molecule has 18 heavy (non-hydrogen) atoms. The average molecular weight is 251 g/mol. The molecule has 0 aromatic carbocycles. The first-order chi connectivity index (χ1) is 8.70. The van der Waals surface area contributed by atoms with Crippen LogP contribution in [0.15, 0.2) is 0 Å². The van der Waals surface area contributed by atoms with Gasteiger partial charge in [0.2, 0.25) is 0 Å². The molecule has 1 rings (SSSR count). The molecule has 3 nitrogen and oxygen atoms in total. The summed E-state index contributed by atoms with van der Waals surface area (Å²) in [4.78, 5) is 2.61. The van der Waals surface area contributed by atoms with Gasteiger partial charge in [0.25, 0.3) is 0 Å². The molecule has 104 valence electrons. The lowest BCUT2D eigenvalue weighted by molar-refractivity contribution is 0.240. The van der Waals surface area contributed by atoms with E-state index < -0.39 is 0 Å². The van der Waals surface area contributed by atoms with E-state index in [2.05, 4.69) is 16.3 Å². The summed E-state index contributed by atoms with van der Waals surface area (Å²) in [6.07, 6.45) is 10.3. The molecule has 1 aliphatic heterocycles. The molecule has 3 heteroatoms. The molecule has 1 unspecified atom stereocenters. The van der Waals surface area contributed by atoms with Crippen LogP contribution in [-0.4, -0.2) is 37.1 Å². The molecule has 0 spiro atoms. The van der Waals surface area contributed by atoms with E-state index in [0.717, 1.165) is 12.8 Å². The number of nitriles is 1. The second-order valence-corrected chi connectivity index (χ2v) is 5.76. The third kappa shape index (κ3) is 5.84. The number of hydrogen-bond donors (Lipinski definition) is 1. The monoisotopic (exact) mass is 251 g/mol. The van der Waals surface area contributed by atoms with Gasteiger partial charge in [0.05, 0.1) is 6.07 Å². The van der Waals surface area contributed by atoms with Crippen LogP contribution in [-0.2, 0) is 0 Å². The highest BCUT2D eigenvalue weighted by Gasteiger charge is 2.20. The van der Waals surface area contributed by atoms with Crippen LogP contribution >= 0.6 is 0 Å². The van der Waals surface area contributed by atoms with E-state index in [1.54, 1.807) is 0 Å². The van der Waals surface area contributed by atoms with Crippen molar-refractivity contribution in [2.24, 2.45) is 0 Å². The number of likely N-dealkylation sites (tertiary alicyclic amines) is 1. The molecular formula is C15H29N3. The van der Waals surface area contributed by atoms with Crippen molar-refractivity contribution in [1.82, 2.24) is 10.2 Å².